The number of alkyl halides is 3. The van der Waals surface area contributed by atoms with Gasteiger partial charge in [-0.05, 0) is 100 Å². The molecule has 0 bridgehead atoms. The van der Waals surface area contributed by atoms with Crippen LogP contribution in [0.5, 0.6) is 0 Å². The van der Waals surface area contributed by atoms with E-state index in [1.165, 1.54) is 25.3 Å². The molecule has 3 aromatic carbocycles. The van der Waals surface area contributed by atoms with Gasteiger partial charge in [0.1, 0.15) is 0 Å². The first-order chi connectivity index (χ1) is 22.7. The lowest BCUT2D eigenvalue weighted by Crippen LogP contribution is -2.46. The molecule has 2 saturated heterocycles. The number of rotatable bonds is 9. The minimum atomic E-state index is -4.50. The zero-order valence-electron chi connectivity index (χ0n) is 27.2. The van der Waals surface area contributed by atoms with Crippen molar-refractivity contribution in [2.75, 3.05) is 31.9 Å². The average molecular weight is 661 g/mol. The lowest BCUT2D eigenvalue weighted by molar-refractivity contribution is -0.137. The maximum Gasteiger partial charge on any atom is 0.416 e. The normalized spacial score (nSPS) is 17.6. The number of carbonyl (C=O) groups excluding carboxylic acids is 1. The Kier molecular flexibility index (Phi) is 10.5. The number of aromatic nitrogens is 1. The van der Waals surface area contributed by atoms with Gasteiger partial charge in [0.25, 0.3) is 5.91 Å². The van der Waals surface area contributed by atoms with Crippen LogP contribution >= 0.6 is 11.8 Å². The number of carbonyl (C=O) groups is 1. The molecule has 2 aliphatic heterocycles. The molecule has 0 spiro atoms. The number of hydrogen-bond donors (Lipinski definition) is 1. The molecule has 4 aromatic rings. The Morgan fingerprint density at radius 1 is 0.957 bits per heavy atom. The van der Waals surface area contributed by atoms with Crippen LogP contribution in [0.25, 0.3) is 22.2 Å². The third-order valence-corrected chi connectivity index (χ3v) is 10.4. The van der Waals surface area contributed by atoms with Crippen molar-refractivity contribution in [2.24, 2.45) is 0 Å². The van der Waals surface area contributed by atoms with E-state index < -0.39 is 11.7 Å². The van der Waals surface area contributed by atoms with Gasteiger partial charge in [-0.15, -0.1) is 11.8 Å². The Morgan fingerprint density at radius 2 is 1.70 bits per heavy atom. The summed E-state index contributed by atoms with van der Waals surface area (Å²) in [6, 6.07) is 21.3. The first-order valence-corrected chi connectivity index (χ1v) is 17.8. The van der Waals surface area contributed by atoms with E-state index in [4.69, 9.17) is 4.98 Å². The molecule has 2 aliphatic rings. The van der Waals surface area contributed by atoms with Gasteiger partial charge in [0.05, 0.1) is 28.4 Å². The highest BCUT2D eigenvalue weighted by atomic mass is 32.2. The highest BCUT2D eigenvalue weighted by molar-refractivity contribution is 7.99. The topological polar surface area (TPSA) is 48.5 Å². The van der Waals surface area contributed by atoms with Crippen molar-refractivity contribution >= 4 is 28.6 Å². The molecular formula is C38H43F3N4OS. The zero-order valence-corrected chi connectivity index (χ0v) is 28.0. The first kappa shape index (κ1) is 33.5. The predicted molar refractivity (Wildman–Crippen MR) is 185 cm³/mol. The van der Waals surface area contributed by atoms with Crippen LogP contribution in [0.4, 0.5) is 13.2 Å². The average Bonchev–Trinajstić information content (AvgIpc) is 3.09. The van der Waals surface area contributed by atoms with Crippen LogP contribution in [0.3, 0.4) is 0 Å². The summed E-state index contributed by atoms with van der Waals surface area (Å²) >= 11 is 1.68. The molecule has 3 heterocycles. The Bertz CT molecular complexity index is 1680. The standard InChI is InChI=1S/C38H43F3N4OS/c1-3-47-31-15-16-34-32(24-31)35(37(46)42-26(2)27-11-6-4-7-12-27)33(36(43-34)28-13-10-14-29(23-28)38(39,40)41)25-44-21-17-30(18-22-44)45-19-8-5-9-20-45/h4,6-7,10-16,23-24,26,30H,3,5,8-9,17-22,25H2,1-2H3,(H,42,46)/t26-/m0/s1. The number of halogens is 3. The summed E-state index contributed by atoms with van der Waals surface area (Å²) in [6.07, 6.45) is 1.37. The molecule has 0 unspecified atom stereocenters. The van der Waals surface area contributed by atoms with Crippen LogP contribution in [-0.4, -0.2) is 58.7 Å². The SMILES string of the molecule is CCSc1ccc2nc(-c3cccc(C(F)(F)F)c3)c(CN3CCC(N4CCCCC4)CC3)c(C(=O)N[C@@H](C)c3ccccc3)c2c1. The van der Waals surface area contributed by atoms with E-state index in [0.29, 0.717) is 40.5 Å². The maximum atomic E-state index is 14.5. The van der Waals surface area contributed by atoms with Crippen molar-refractivity contribution in [3.8, 4) is 11.3 Å². The van der Waals surface area contributed by atoms with Gasteiger partial charge in [-0.1, -0.05) is 55.8 Å². The second-order valence-electron chi connectivity index (χ2n) is 12.7. The molecule has 1 amide bonds. The van der Waals surface area contributed by atoms with Crippen LogP contribution in [0.1, 0.15) is 79.0 Å². The van der Waals surface area contributed by atoms with Crippen molar-refractivity contribution in [1.29, 1.82) is 0 Å². The molecule has 2 fully saturated rings. The number of fused-ring (bicyclic) bond motifs is 1. The van der Waals surface area contributed by atoms with E-state index in [9.17, 15) is 18.0 Å². The third kappa shape index (κ3) is 7.85. The molecule has 47 heavy (non-hydrogen) atoms. The van der Waals surface area contributed by atoms with Crippen LogP contribution in [0.15, 0.2) is 77.7 Å². The largest absolute Gasteiger partial charge is 0.416 e. The van der Waals surface area contributed by atoms with E-state index in [2.05, 4.69) is 22.0 Å². The lowest BCUT2D eigenvalue weighted by atomic mass is 9.93. The Morgan fingerprint density at radius 3 is 2.40 bits per heavy atom. The number of piperidine rings is 2. The molecular weight excluding hydrogens is 618 g/mol. The number of pyridine rings is 1. The quantitative estimate of drug-likeness (QED) is 0.182. The van der Waals surface area contributed by atoms with Crippen LogP contribution < -0.4 is 5.32 Å². The summed E-state index contributed by atoms with van der Waals surface area (Å²) < 4.78 is 41.8. The molecule has 1 aromatic heterocycles. The minimum Gasteiger partial charge on any atom is -0.345 e. The van der Waals surface area contributed by atoms with Crippen molar-refractivity contribution in [3.05, 3.63) is 95.1 Å². The number of hydrogen-bond acceptors (Lipinski definition) is 5. The van der Waals surface area contributed by atoms with Gasteiger partial charge in [0.15, 0.2) is 0 Å². The summed E-state index contributed by atoms with van der Waals surface area (Å²) in [6.45, 7) is 8.48. The van der Waals surface area contributed by atoms with Gasteiger partial charge in [-0.2, -0.15) is 13.2 Å². The van der Waals surface area contributed by atoms with E-state index in [0.717, 1.165) is 72.8 Å². The maximum absolute atomic E-state index is 14.5. The van der Waals surface area contributed by atoms with Gasteiger partial charge in [0, 0.05) is 34.0 Å². The molecule has 9 heteroatoms. The minimum absolute atomic E-state index is 0.251. The van der Waals surface area contributed by atoms with Crippen LogP contribution in [0, 0.1) is 0 Å². The Hall–Kier alpha value is -3.40. The molecule has 6 rings (SSSR count). The summed E-state index contributed by atoms with van der Waals surface area (Å²) in [5, 5.41) is 3.94. The zero-order chi connectivity index (χ0) is 33.0. The molecule has 1 atom stereocenters. The summed E-state index contributed by atoms with van der Waals surface area (Å²) in [5.74, 6) is 0.617. The molecule has 0 aliphatic carbocycles. The van der Waals surface area contributed by atoms with Crippen molar-refractivity contribution in [1.82, 2.24) is 20.1 Å². The summed E-state index contributed by atoms with van der Waals surface area (Å²) in [4.78, 5) is 25.5. The second kappa shape index (κ2) is 14.8. The van der Waals surface area contributed by atoms with Gasteiger partial charge in [-0.3, -0.25) is 9.69 Å². The molecule has 0 radical (unpaired) electrons. The van der Waals surface area contributed by atoms with Crippen molar-refractivity contribution in [2.45, 2.75) is 75.7 Å². The molecule has 1 N–H and O–H groups in total. The second-order valence-corrected chi connectivity index (χ2v) is 14.1. The van der Waals surface area contributed by atoms with Gasteiger partial charge in [-0.25, -0.2) is 4.98 Å². The molecule has 248 valence electrons. The number of amides is 1. The fourth-order valence-corrected chi connectivity index (χ4v) is 7.78. The highest BCUT2D eigenvalue weighted by Gasteiger charge is 2.32. The van der Waals surface area contributed by atoms with E-state index in [1.54, 1.807) is 17.8 Å². The Balaban J connectivity index is 1.45. The number of likely N-dealkylation sites (tertiary alicyclic amines) is 2. The predicted octanol–water partition coefficient (Wildman–Crippen LogP) is 8.97. The van der Waals surface area contributed by atoms with Gasteiger partial charge in [0.2, 0.25) is 0 Å². The monoisotopic (exact) mass is 660 g/mol. The highest BCUT2D eigenvalue weighted by Crippen LogP contribution is 2.37. The molecule has 0 saturated carbocycles. The van der Waals surface area contributed by atoms with Crippen LogP contribution in [-0.2, 0) is 12.7 Å². The van der Waals surface area contributed by atoms with Crippen molar-refractivity contribution < 1.29 is 18.0 Å². The van der Waals surface area contributed by atoms with E-state index in [1.807, 2.05) is 55.5 Å². The number of thioether (sulfide) groups is 1. The van der Waals surface area contributed by atoms with E-state index in [-0.39, 0.29) is 11.9 Å². The molecule has 5 nitrogen and oxygen atoms in total. The third-order valence-electron chi connectivity index (χ3n) is 9.55. The Labute approximate surface area is 279 Å². The number of nitrogens with one attached hydrogen (secondary N) is 1. The number of benzene rings is 3. The fraction of sp³-hybridized carbons (Fsp3) is 0.421. The van der Waals surface area contributed by atoms with E-state index >= 15 is 0 Å². The number of nitrogens with zero attached hydrogens (tertiary/aromatic N) is 3. The smallest absolute Gasteiger partial charge is 0.345 e. The van der Waals surface area contributed by atoms with Crippen molar-refractivity contribution in [3.63, 3.8) is 0 Å². The van der Waals surface area contributed by atoms with Gasteiger partial charge < -0.3 is 10.2 Å². The van der Waals surface area contributed by atoms with Crippen LogP contribution in [0.2, 0.25) is 0 Å². The fourth-order valence-electron chi connectivity index (χ4n) is 7.08. The lowest BCUT2D eigenvalue weighted by Gasteiger charge is -2.40. The summed E-state index contributed by atoms with van der Waals surface area (Å²) in [5.41, 5.74) is 2.77. The van der Waals surface area contributed by atoms with Gasteiger partial charge >= 0.3 is 6.18 Å². The first-order valence-electron chi connectivity index (χ1n) is 16.8. The summed E-state index contributed by atoms with van der Waals surface area (Å²) in [7, 11) is 0.